The van der Waals surface area contributed by atoms with Crippen molar-refractivity contribution >= 4 is 0 Å². The molecule has 2 nitrogen and oxygen atoms in total. The molecule has 0 spiro atoms. The molecule has 2 heteroatoms. The van der Waals surface area contributed by atoms with Gasteiger partial charge in [-0.3, -0.25) is 0 Å². The standard InChI is InChI=1S/C14H22N2/c1-15-14-12-9-5-4-7-11(12)8-6-10-13(14)16(2)3/h4-5,7,9,13-15H,6,8,10H2,1-3H3. The minimum atomic E-state index is 0.466. The Balaban J connectivity index is 2.37. The number of fused-ring (bicyclic) bond motifs is 1. The third-order valence-corrected chi connectivity index (χ3v) is 3.70. The summed E-state index contributed by atoms with van der Waals surface area (Å²) in [5.41, 5.74) is 3.01. The van der Waals surface area contributed by atoms with Gasteiger partial charge in [-0.1, -0.05) is 24.3 Å². The lowest BCUT2D eigenvalue weighted by atomic mass is 9.96. The molecule has 88 valence electrons. The Kier molecular flexibility index (Phi) is 3.62. The fraction of sp³-hybridized carbons (Fsp3) is 0.571. The molecule has 0 aromatic heterocycles. The molecule has 0 saturated carbocycles. The number of nitrogens with one attached hydrogen (secondary N) is 1. The van der Waals surface area contributed by atoms with Crippen molar-refractivity contribution in [2.75, 3.05) is 21.1 Å². The molecule has 2 unspecified atom stereocenters. The second kappa shape index (κ2) is 4.98. The SMILES string of the molecule is CNC1c2ccccc2CCCC1N(C)C. The maximum Gasteiger partial charge on any atom is 0.0478 e. The van der Waals surface area contributed by atoms with Crippen LogP contribution >= 0.6 is 0 Å². The quantitative estimate of drug-likeness (QED) is 0.766. The van der Waals surface area contributed by atoms with Crippen molar-refractivity contribution in [3.8, 4) is 0 Å². The van der Waals surface area contributed by atoms with Gasteiger partial charge in [0.05, 0.1) is 0 Å². The maximum atomic E-state index is 3.49. The highest BCUT2D eigenvalue weighted by Gasteiger charge is 2.27. The van der Waals surface area contributed by atoms with Crippen molar-refractivity contribution in [2.45, 2.75) is 31.3 Å². The molecule has 0 amide bonds. The molecule has 0 bridgehead atoms. The van der Waals surface area contributed by atoms with Gasteiger partial charge in [-0.2, -0.15) is 0 Å². The molecule has 0 aliphatic heterocycles. The van der Waals surface area contributed by atoms with Gasteiger partial charge in [-0.25, -0.2) is 0 Å². The molecule has 1 aliphatic carbocycles. The minimum absolute atomic E-state index is 0.466. The Morgan fingerprint density at radius 1 is 1.25 bits per heavy atom. The first-order valence-corrected chi connectivity index (χ1v) is 6.15. The molecule has 0 fully saturated rings. The monoisotopic (exact) mass is 218 g/mol. The summed E-state index contributed by atoms with van der Waals surface area (Å²) in [7, 11) is 6.44. The molecule has 2 atom stereocenters. The molecule has 1 aromatic carbocycles. The highest BCUT2D eigenvalue weighted by molar-refractivity contribution is 5.32. The lowest BCUT2D eigenvalue weighted by Gasteiger charge is -2.31. The van der Waals surface area contributed by atoms with Crippen LogP contribution in [0.4, 0.5) is 0 Å². The van der Waals surface area contributed by atoms with E-state index in [0.717, 1.165) is 0 Å². The van der Waals surface area contributed by atoms with Gasteiger partial charge in [0.2, 0.25) is 0 Å². The largest absolute Gasteiger partial charge is 0.312 e. The van der Waals surface area contributed by atoms with Crippen LogP contribution in [0.25, 0.3) is 0 Å². The maximum absolute atomic E-state index is 3.49. The van der Waals surface area contributed by atoms with Gasteiger partial charge in [0.25, 0.3) is 0 Å². The summed E-state index contributed by atoms with van der Waals surface area (Å²) < 4.78 is 0. The summed E-state index contributed by atoms with van der Waals surface area (Å²) in [5.74, 6) is 0. The van der Waals surface area contributed by atoms with Crippen LogP contribution < -0.4 is 5.32 Å². The number of rotatable bonds is 2. The molecule has 0 saturated heterocycles. The minimum Gasteiger partial charge on any atom is -0.312 e. The van der Waals surface area contributed by atoms with Crippen molar-refractivity contribution in [1.29, 1.82) is 0 Å². The van der Waals surface area contributed by atoms with Crippen LogP contribution in [0.5, 0.6) is 0 Å². The molecule has 2 rings (SSSR count). The average molecular weight is 218 g/mol. The fourth-order valence-corrected chi connectivity index (χ4v) is 2.85. The van der Waals surface area contributed by atoms with Gasteiger partial charge in [0, 0.05) is 12.1 Å². The Bertz CT molecular complexity index is 346. The Hall–Kier alpha value is -0.860. The number of hydrogen-bond donors (Lipinski definition) is 1. The van der Waals surface area contributed by atoms with Crippen molar-refractivity contribution in [1.82, 2.24) is 10.2 Å². The van der Waals surface area contributed by atoms with Crippen LogP contribution in [0, 0.1) is 0 Å². The van der Waals surface area contributed by atoms with Gasteiger partial charge in [-0.15, -0.1) is 0 Å². The molecule has 1 aliphatic rings. The highest BCUT2D eigenvalue weighted by atomic mass is 15.1. The number of likely N-dealkylation sites (N-methyl/N-ethyl adjacent to an activating group) is 2. The summed E-state index contributed by atoms with van der Waals surface area (Å²) in [4.78, 5) is 2.35. The van der Waals surface area contributed by atoms with Gasteiger partial charge in [-0.05, 0) is 51.5 Å². The van der Waals surface area contributed by atoms with Gasteiger partial charge in [0.1, 0.15) is 0 Å². The number of hydrogen-bond acceptors (Lipinski definition) is 2. The van der Waals surface area contributed by atoms with Gasteiger partial charge >= 0.3 is 0 Å². The lowest BCUT2D eigenvalue weighted by molar-refractivity contribution is 0.224. The summed E-state index contributed by atoms with van der Waals surface area (Å²) in [6.45, 7) is 0. The average Bonchev–Trinajstić information content (AvgIpc) is 2.47. The second-order valence-electron chi connectivity index (χ2n) is 4.89. The molecule has 16 heavy (non-hydrogen) atoms. The number of benzene rings is 1. The van der Waals surface area contributed by atoms with Crippen LogP contribution in [0.3, 0.4) is 0 Å². The smallest absolute Gasteiger partial charge is 0.0478 e. The van der Waals surface area contributed by atoms with E-state index < -0.39 is 0 Å². The van der Waals surface area contributed by atoms with Crippen LogP contribution in [-0.2, 0) is 6.42 Å². The molecular weight excluding hydrogens is 196 g/mol. The molecular formula is C14H22N2. The zero-order valence-electron chi connectivity index (χ0n) is 10.5. The summed E-state index contributed by atoms with van der Waals surface area (Å²) in [5, 5.41) is 3.49. The van der Waals surface area contributed by atoms with Crippen molar-refractivity contribution in [2.24, 2.45) is 0 Å². The predicted molar refractivity (Wildman–Crippen MR) is 68.7 cm³/mol. The predicted octanol–water partition coefficient (Wildman–Crippen LogP) is 2.21. The Morgan fingerprint density at radius 2 is 2.00 bits per heavy atom. The summed E-state index contributed by atoms with van der Waals surface area (Å²) in [6.07, 6.45) is 3.78. The fourth-order valence-electron chi connectivity index (χ4n) is 2.85. The zero-order chi connectivity index (χ0) is 11.5. The van der Waals surface area contributed by atoms with E-state index in [1.54, 1.807) is 0 Å². The summed E-state index contributed by atoms with van der Waals surface area (Å²) >= 11 is 0. The Morgan fingerprint density at radius 3 is 2.69 bits per heavy atom. The summed E-state index contributed by atoms with van der Waals surface area (Å²) in [6, 6.07) is 9.93. The van der Waals surface area contributed by atoms with Crippen molar-refractivity contribution in [3.05, 3.63) is 35.4 Å². The van der Waals surface area contributed by atoms with Crippen LogP contribution in [0.15, 0.2) is 24.3 Å². The lowest BCUT2D eigenvalue weighted by Crippen LogP contribution is -2.39. The number of nitrogens with zero attached hydrogens (tertiary/aromatic N) is 1. The van der Waals surface area contributed by atoms with E-state index in [9.17, 15) is 0 Å². The van der Waals surface area contributed by atoms with E-state index in [2.05, 4.69) is 55.6 Å². The second-order valence-corrected chi connectivity index (χ2v) is 4.89. The van der Waals surface area contributed by atoms with Crippen molar-refractivity contribution < 1.29 is 0 Å². The first kappa shape index (κ1) is 11.6. The van der Waals surface area contributed by atoms with E-state index in [1.807, 2.05) is 0 Å². The van der Waals surface area contributed by atoms with E-state index in [1.165, 1.54) is 30.4 Å². The first-order chi connectivity index (χ1) is 7.74. The van der Waals surface area contributed by atoms with Gasteiger partial charge < -0.3 is 10.2 Å². The van der Waals surface area contributed by atoms with Crippen LogP contribution in [0.1, 0.15) is 30.0 Å². The van der Waals surface area contributed by atoms with E-state index in [0.29, 0.717) is 12.1 Å². The van der Waals surface area contributed by atoms with E-state index in [4.69, 9.17) is 0 Å². The normalized spacial score (nSPS) is 25.2. The van der Waals surface area contributed by atoms with E-state index >= 15 is 0 Å². The topological polar surface area (TPSA) is 15.3 Å². The molecule has 0 radical (unpaired) electrons. The highest BCUT2D eigenvalue weighted by Crippen LogP contribution is 2.30. The molecule has 1 aromatic rings. The molecule has 0 heterocycles. The third kappa shape index (κ3) is 2.13. The first-order valence-electron chi connectivity index (χ1n) is 6.15. The van der Waals surface area contributed by atoms with Crippen LogP contribution in [-0.4, -0.2) is 32.1 Å². The van der Waals surface area contributed by atoms with Crippen molar-refractivity contribution in [3.63, 3.8) is 0 Å². The van der Waals surface area contributed by atoms with E-state index in [-0.39, 0.29) is 0 Å². The third-order valence-electron chi connectivity index (χ3n) is 3.70. The Labute approximate surface area is 98.7 Å². The van der Waals surface area contributed by atoms with Gasteiger partial charge in [0.15, 0.2) is 0 Å². The molecule has 1 N–H and O–H groups in total. The number of aryl methyl sites for hydroxylation is 1. The zero-order valence-corrected chi connectivity index (χ0v) is 10.5. The van der Waals surface area contributed by atoms with Crippen LogP contribution in [0.2, 0.25) is 0 Å².